The standard InChI is InChI=1S/C18H19N3O3S/c1-10-6-14(9-17(12(10)3)25(19,23)24)18(22)21-15-4-5-16-13(8-15)7-11(2)20-16/h4-9,20H,1-3H3,(H,21,22)(H2,19,23,24). The maximum absolute atomic E-state index is 12.5. The molecule has 0 unspecified atom stereocenters. The van der Waals surface area contributed by atoms with Gasteiger partial charge in [-0.2, -0.15) is 0 Å². The molecule has 0 aliphatic heterocycles. The minimum Gasteiger partial charge on any atom is -0.359 e. The molecular formula is C18H19N3O3S. The Morgan fingerprint density at radius 1 is 1.08 bits per heavy atom. The fourth-order valence-corrected chi connectivity index (χ4v) is 3.69. The van der Waals surface area contributed by atoms with E-state index in [2.05, 4.69) is 10.3 Å². The van der Waals surface area contributed by atoms with Gasteiger partial charge in [-0.1, -0.05) is 0 Å². The van der Waals surface area contributed by atoms with Crippen LogP contribution in [0.5, 0.6) is 0 Å². The molecule has 0 atom stereocenters. The van der Waals surface area contributed by atoms with Crippen LogP contribution in [-0.2, 0) is 10.0 Å². The number of amides is 1. The van der Waals surface area contributed by atoms with E-state index < -0.39 is 10.0 Å². The molecular weight excluding hydrogens is 338 g/mol. The van der Waals surface area contributed by atoms with E-state index in [0.29, 0.717) is 16.8 Å². The highest BCUT2D eigenvalue weighted by Crippen LogP contribution is 2.23. The number of hydrogen-bond acceptors (Lipinski definition) is 3. The topological polar surface area (TPSA) is 105 Å². The molecule has 0 saturated carbocycles. The molecule has 0 spiro atoms. The van der Waals surface area contributed by atoms with Gasteiger partial charge in [-0.25, -0.2) is 13.6 Å². The number of aromatic nitrogens is 1. The Bertz CT molecular complexity index is 1100. The van der Waals surface area contributed by atoms with Crippen molar-refractivity contribution in [3.05, 3.63) is 58.8 Å². The van der Waals surface area contributed by atoms with E-state index in [-0.39, 0.29) is 16.4 Å². The number of sulfonamides is 1. The van der Waals surface area contributed by atoms with E-state index in [4.69, 9.17) is 5.14 Å². The molecule has 3 aromatic rings. The van der Waals surface area contributed by atoms with E-state index in [9.17, 15) is 13.2 Å². The van der Waals surface area contributed by atoms with Gasteiger partial charge in [0, 0.05) is 27.8 Å². The molecule has 1 heterocycles. The van der Waals surface area contributed by atoms with E-state index in [1.165, 1.54) is 6.07 Å². The lowest BCUT2D eigenvalue weighted by Gasteiger charge is -2.11. The highest BCUT2D eigenvalue weighted by molar-refractivity contribution is 7.89. The number of carbonyl (C=O) groups is 1. The summed E-state index contributed by atoms with van der Waals surface area (Å²) in [4.78, 5) is 15.7. The zero-order valence-electron chi connectivity index (χ0n) is 14.2. The molecule has 7 heteroatoms. The zero-order valence-corrected chi connectivity index (χ0v) is 15.0. The number of H-pyrrole nitrogens is 1. The van der Waals surface area contributed by atoms with Crippen molar-refractivity contribution in [1.82, 2.24) is 4.98 Å². The monoisotopic (exact) mass is 357 g/mol. The van der Waals surface area contributed by atoms with Crippen LogP contribution in [0.15, 0.2) is 41.3 Å². The summed E-state index contributed by atoms with van der Waals surface area (Å²) in [6.45, 7) is 5.37. The van der Waals surface area contributed by atoms with Gasteiger partial charge in [-0.15, -0.1) is 0 Å². The van der Waals surface area contributed by atoms with Crippen LogP contribution in [0.25, 0.3) is 10.9 Å². The summed E-state index contributed by atoms with van der Waals surface area (Å²) >= 11 is 0. The van der Waals surface area contributed by atoms with E-state index >= 15 is 0 Å². The second-order valence-corrected chi connectivity index (χ2v) is 7.70. The number of benzene rings is 2. The Morgan fingerprint density at radius 2 is 1.80 bits per heavy atom. The maximum atomic E-state index is 12.5. The van der Waals surface area contributed by atoms with E-state index in [0.717, 1.165) is 16.6 Å². The first-order valence-electron chi connectivity index (χ1n) is 7.70. The Kier molecular flexibility index (Phi) is 4.14. The van der Waals surface area contributed by atoms with Gasteiger partial charge < -0.3 is 10.3 Å². The highest BCUT2D eigenvalue weighted by Gasteiger charge is 2.17. The average Bonchev–Trinajstić information content (AvgIpc) is 2.87. The number of aryl methyl sites for hydroxylation is 2. The number of nitrogens with one attached hydrogen (secondary N) is 2. The number of fused-ring (bicyclic) bond motifs is 1. The molecule has 6 nitrogen and oxygen atoms in total. The van der Waals surface area contributed by atoms with Crippen molar-refractivity contribution in [2.45, 2.75) is 25.7 Å². The molecule has 2 aromatic carbocycles. The van der Waals surface area contributed by atoms with Crippen LogP contribution < -0.4 is 10.5 Å². The quantitative estimate of drug-likeness (QED) is 0.671. The molecule has 4 N–H and O–H groups in total. The first-order valence-corrected chi connectivity index (χ1v) is 9.24. The first-order chi connectivity index (χ1) is 11.6. The number of aromatic amines is 1. The van der Waals surface area contributed by atoms with Crippen LogP contribution in [0, 0.1) is 20.8 Å². The van der Waals surface area contributed by atoms with Gasteiger partial charge in [0.15, 0.2) is 0 Å². The van der Waals surface area contributed by atoms with Crippen molar-refractivity contribution < 1.29 is 13.2 Å². The summed E-state index contributed by atoms with van der Waals surface area (Å²) in [6, 6.07) is 10.5. The molecule has 0 radical (unpaired) electrons. The normalized spacial score (nSPS) is 11.7. The lowest BCUT2D eigenvalue weighted by atomic mass is 10.1. The summed E-state index contributed by atoms with van der Waals surface area (Å²) in [5.74, 6) is -0.389. The SMILES string of the molecule is Cc1cc2cc(NC(=O)c3cc(C)c(C)c(S(N)(=O)=O)c3)ccc2[nH]1. The molecule has 0 saturated heterocycles. The number of anilines is 1. The van der Waals surface area contributed by atoms with E-state index in [1.54, 1.807) is 26.0 Å². The second-order valence-electron chi connectivity index (χ2n) is 6.17. The molecule has 0 fully saturated rings. The van der Waals surface area contributed by atoms with Crippen molar-refractivity contribution in [3.8, 4) is 0 Å². The molecule has 130 valence electrons. The summed E-state index contributed by atoms with van der Waals surface area (Å²) < 4.78 is 23.5. The maximum Gasteiger partial charge on any atom is 0.255 e. The Labute approximate surface area is 146 Å². The van der Waals surface area contributed by atoms with Crippen LogP contribution in [0.4, 0.5) is 5.69 Å². The van der Waals surface area contributed by atoms with Crippen molar-refractivity contribution in [2.75, 3.05) is 5.32 Å². The van der Waals surface area contributed by atoms with E-state index in [1.807, 2.05) is 25.1 Å². The summed E-state index contributed by atoms with van der Waals surface area (Å²) in [7, 11) is -3.90. The predicted octanol–water partition coefficient (Wildman–Crippen LogP) is 2.99. The molecule has 3 rings (SSSR count). The molecule has 0 bridgehead atoms. The third-order valence-corrected chi connectivity index (χ3v) is 5.24. The minimum absolute atomic E-state index is 0.0330. The fraction of sp³-hybridized carbons (Fsp3) is 0.167. The molecule has 1 amide bonds. The van der Waals surface area contributed by atoms with Gasteiger partial charge in [0.25, 0.3) is 5.91 Å². The Morgan fingerprint density at radius 3 is 2.48 bits per heavy atom. The Balaban J connectivity index is 1.96. The van der Waals surface area contributed by atoms with Gasteiger partial charge >= 0.3 is 0 Å². The summed E-state index contributed by atoms with van der Waals surface area (Å²) in [5.41, 5.74) is 4.13. The number of hydrogen-bond donors (Lipinski definition) is 3. The number of rotatable bonds is 3. The van der Waals surface area contributed by atoms with Crippen molar-refractivity contribution in [2.24, 2.45) is 5.14 Å². The number of primary sulfonamides is 1. The van der Waals surface area contributed by atoms with Crippen LogP contribution >= 0.6 is 0 Å². The van der Waals surface area contributed by atoms with Crippen molar-refractivity contribution >= 4 is 32.5 Å². The van der Waals surface area contributed by atoms with Crippen LogP contribution in [0.3, 0.4) is 0 Å². The van der Waals surface area contributed by atoms with Gasteiger partial charge in [-0.05, 0) is 68.3 Å². The van der Waals surface area contributed by atoms with Gasteiger partial charge in [0.1, 0.15) is 0 Å². The fourth-order valence-electron chi connectivity index (χ4n) is 2.81. The second kappa shape index (κ2) is 6.02. The lowest BCUT2D eigenvalue weighted by molar-refractivity contribution is 0.102. The summed E-state index contributed by atoms with van der Waals surface area (Å²) in [5, 5.41) is 9.03. The average molecular weight is 357 g/mol. The van der Waals surface area contributed by atoms with Gasteiger partial charge in [-0.3, -0.25) is 4.79 Å². The smallest absolute Gasteiger partial charge is 0.255 e. The molecule has 0 aliphatic carbocycles. The predicted molar refractivity (Wildman–Crippen MR) is 98.3 cm³/mol. The zero-order chi connectivity index (χ0) is 18.4. The van der Waals surface area contributed by atoms with Crippen LogP contribution in [0.2, 0.25) is 0 Å². The number of carbonyl (C=O) groups excluding carboxylic acids is 1. The third kappa shape index (κ3) is 3.42. The Hall–Kier alpha value is -2.64. The van der Waals surface area contributed by atoms with Gasteiger partial charge in [0.05, 0.1) is 4.90 Å². The first kappa shape index (κ1) is 17.2. The summed E-state index contributed by atoms with van der Waals surface area (Å²) in [6.07, 6.45) is 0. The lowest BCUT2D eigenvalue weighted by Crippen LogP contribution is -2.17. The largest absolute Gasteiger partial charge is 0.359 e. The van der Waals surface area contributed by atoms with Crippen molar-refractivity contribution in [1.29, 1.82) is 0 Å². The van der Waals surface area contributed by atoms with Crippen molar-refractivity contribution in [3.63, 3.8) is 0 Å². The minimum atomic E-state index is -3.90. The van der Waals surface area contributed by atoms with Crippen LogP contribution in [0.1, 0.15) is 27.2 Å². The number of nitrogens with two attached hydrogens (primary N) is 1. The highest BCUT2D eigenvalue weighted by atomic mass is 32.2. The molecule has 0 aliphatic rings. The van der Waals surface area contributed by atoms with Crippen LogP contribution in [-0.4, -0.2) is 19.3 Å². The molecule has 25 heavy (non-hydrogen) atoms. The third-order valence-electron chi connectivity index (χ3n) is 4.20. The van der Waals surface area contributed by atoms with Gasteiger partial charge in [0.2, 0.25) is 10.0 Å². The molecule has 1 aromatic heterocycles.